The van der Waals surface area contributed by atoms with E-state index in [1.807, 2.05) is 5.01 Å². The lowest BCUT2D eigenvalue weighted by atomic mass is 9.78. The Morgan fingerprint density at radius 2 is 1.44 bits per heavy atom. The van der Waals surface area contributed by atoms with Crippen LogP contribution in [0.5, 0.6) is 11.5 Å². The molecule has 3 N–H and O–H groups in total. The zero-order valence-corrected chi connectivity index (χ0v) is 37.4. The topological polar surface area (TPSA) is 243 Å². The number of aromatic hydroxyl groups is 1. The first-order valence-corrected chi connectivity index (χ1v) is 20.5. The molecule has 1 saturated heterocycles. The van der Waals surface area contributed by atoms with Gasteiger partial charge in [-0.3, -0.25) is 38.6 Å². The molecule has 1 aromatic rings. The second-order valence-corrected chi connectivity index (χ2v) is 16.0. The number of ether oxygens (including phenoxy) is 6. The van der Waals surface area contributed by atoms with Gasteiger partial charge in [-0.1, -0.05) is 45.9 Å². The number of phenols is 1. The van der Waals surface area contributed by atoms with Gasteiger partial charge in [-0.2, -0.15) is 5.10 Å². The summed E-state index contributed by atoms with van der Waals surface area (Å²) in [6.07, 6.45) is 5.93. The molecule has 342 valence electrons. The van der Waals surface area contributed by atoms with E-state index < -0.39 is 112 Å². The summed E-state index contributed by atoms with van der Waals surface area (Å²) in [5.74, 6) is -10.6. The van der Waals surface area contributed by atoms with Crippen molar-refractivity contribution in [1.82, 2.24) is 10.3 Å². The summed E-state index contributed by atoms with van der Waals surface area (Å²) in [7, 11) is 1.48. The van der Waals surface area contributed by atoms with E-state index in [2.05, 4.69) is 10.4 Å². The number of nitrogens with one attached hydrogen (secondary N) is 1. The minimum Gasteiger partial charge on any atom is -0.507 e. The molecule has 0 radical (unpaired) electrons. The van der Waals surface area contributed by atoms with E-state index in [4.69, 9.17) is 28.4 Å². The number of amides is 1. The Morgan fingerprint density at radius 1 is 0.873 bits per heavy atom. The van der Waals surface area contributed by atoms with Gasteiger partial charge in [0.05, 0.1) is 67.9 Å². The maximum absolute atomic E-state index is 13.6. The number of hydrazone groups is 1. The van der Waals surface area contributed by atoms with Crippen LogP contribution in [0.3, 0.4) is 0 Å². The Balaban J connectivity index is 1.55. The number of ketones is 3. The van der Waals surface area contributed by atoms with Crippen molar-refractivity contribution in [2.75, 3.05) is 33.4 Å². The molecule has 0 spiro atoms. The van der Waals surface area contributed by atoms with Gasteiger partial charge in [0.15, 0.2) is 5.78 Å². The van der Waals surface area contributed by atoms with Crippen molar-refractivity contribution >= 4 is 47.4 Å². The average molecular weight is 880 g/mol. The fourth-order valence-corrected chi connectivity index (χ4v) is 7.84. The van der Waals surface area contributed by atoms with Gasteiger partial charge >= 0.3 is 17.9 Å². The van der Waals surface area contributed by atoms with Crippen LogP contribution in [0.15, 0.2) is 52.5 Å². The zero-order valence-electron chi connectivity index (χ0n) is 37.4. The molecule has 0 saturated carbocycles. The van der Waals surface area contributed by atoms with Crippen LogP contribution in [0.4, 0.5) is 0 Å². The van der Waals surface area contributed by atoms with Gasteiger partial charge in [0.1, 0.15) is 35.6 Å². The van der Waals surface area contributed by atoms with E-state index in [1.165, 1.54) is 53.9 Å². The Kier molecular flexibility index (Phi) is 16.4. The summed E-state index contributed by atoms with van der Waals surface area (Å²) in [5.41, 5.74) is -1.72. The molecule has 2 heterocycles. The summed E-state index contributed by atoms with van der Waals surface area (Å²) in [6.45, 7) is 17.0. The maximum atomic E-state index is 13.6. The second-order valence-electron chi connectivity index (χ2n) is 16.0. The van der Waals surface area contributed by atoms with Gasteiger partial charge in [0, 0.05) is 62.7 Å². The van der Waals surface area contributed by atoms with Crippen LogP contribution < -0.4 is 10.1 Å². The number of allylic oxidation sites excluding steroid dienone is 5. The third-order valence-electron chi connectivity index (χ3n) is 11.1. The number of carbonyl (C=O) groups is 7. The molecule has 63 heavy (non-hydrogen) atoms. The molecule has 8 atom stereocenters. The minimum absolute atomic E-state index is 0.0498. The first-order chi connectivity index (χ1) is 29.5. The molecular weight excluding hydrogens is 823 g/mol. The zero-order chi connectivity index (χ0) is 47.1. The van der Waals surface area contributed by atoms with Gasteiger partial charge in [0.25, 0.3) is 11.7 Å². The minimum atomic E-state index is -2.32. The monoisotopic (exact) mass is 879 g/mol. The molecule has 1 aromatic carbocycles. The Hall–Kier alpha value is -6.14. The smallest absolute Gasteiger partial charge is 0.302 e. The number of fused-ring (bicyclic) bond motifs is 3. The highest BCUT2D eigenvalue weighted by molar-refractivity contribution is 6.30. The van der Waals surface area contributed by atoms with Crippen LogP contribution in [0, 0.1) is 30.6 Å². The van der Waals surface area contributed by atoms with Crippen LogP contribution in [-0.2, 0) is 42.9 Å². The number of morpholine rings is 1. The van der Waals surface area contributed by atoms with E-state index in [9.17, 15) is 43.8 Å². The molecule has 18 nitrogen and oxygen atoms in total. The number of benzene rings is 1. The van der Waals surface area contributed by atoms with E-state index in [0.29, 0.717) is 32.1 Å². The van der Waals surface area contributed by atoms with Crippen LogP contribution in [-0.4, -0.2) is 120 Å². The lowest BCUT2D eigenvalue weighted by molar-refractivity contribution is -0.173. The maximum Gasteiger partial charge on any atom is 0.302 e. The lowest BCUT2D eigenvalue weighted by Crippen LogP contribution is -2.47. The molecule has 0 aromatic heterocycles. The molecular formula is C45H57N3O15. The number of phenolic OH excluding ortho intramolecular Hbond substituents is 1. The van der Waals surface area contributed by atoms with Gasteiger partial charge in [0.2, 0.25) is 11.6 Å². The SMILES string of the molecule is CO/C(=C\C=N\N1CCOCC1)C(C)C(OC(C)=O)C(C)C(OC(C)=O)C(C)C(OC(C)=O)C(C)/C=C/C=C(/C)C(=O)NC1=CC(=O)c2c(c(O)c(C)c3c2C(=O)C(C)(O)O3)C1=O. The number of hydrogen-bond donors (Lipinski definition) is 3. The fourth-order valence-electron chi connectivity index (χ4n) is 7.84. The largest absolute Gasteiger partial charge is 0.507 e. The van der Waals surface area contributed by atoms with E-state index in [-0.39, 0.29) is 22.4 Å². The molecule has 1 aliphatic carbocycles. The van der Waals surface area contributed by atoms with E-state index in [1.54, 1.807) is 46.1 Å². The summed E-state index contributed by atoms with van der Waals surface area (Å²) < 4.78 is 33.9. The third-order valence-corrected chi connectivity index (χ3v) is 11.1. The predicted molar refractivity (Wildman–Crippen MR) is 226 cm³/mol. The van der Waals surface area contributed by atoms with Crippen molar-refractivity contribution in [3.8, 4) is 11.5 Å². The normalized spacial score (nSPS) is 21.3. The Bertz CT molecular complexity index is 2160. The highest BCUT2D eigenvalue weighted by atomic mass is 16.6. The van der Waals surface area contributed by atoms with E-state index in [0.717, 1.165) is 13.0 Å². The van der Waals surface area contributed by atoms with Crippen molar-refractivity contribution in [2.24, 2.45) is 28.8 Å². The molecule has 2 aliphatic heterocycles. The van der Waals surface area contributed by atoms with Gasteiger partial charge in [-0.15, -0.1) is 0 Å². The third kappa shape index (κ3) is 11.5. The number of methoxy groups -OCH3 is 1. The number of nitrogens with zero attached hydrogens (tertiary/aromatic N) is 2. The number of carbonyl (C=O) groups excluding carboxylic acids is 7. The summed E-state index contributed by atoms with van der Waals surface area (Å²) in [6, 6.07) is 0. The second kappa shape index (κ2) is 20.8. The van der Waals surface area contributed by atoms with Crippen molar-refractivity contribution in [2.45, 2.75) is 93.3 Å². The Morgan fingerprint density at radius 3 is 2.03 bits per heavy atom. The predicted octanol–water partition coefficient (Wildman–Crippen LogP) is 4.05. The molecule has 18 heteroatoms. The quantitative estimate of drug-likeness (QED) is 0.0499. The van der Waals surface area contributed by atoms with Crippen LogP contribution >= 0.6 is 0 Å². The molecule has 8 unspecified atom stereocenters. The van der Waals surface area contributed by atoms with Crippen LogP contribution in [0.1, 0.15) is 99.0 Å². The number of hydrogen-bond acceptors (Lipinski definition) is 17. The number of Topliss-reactive ketones (excluding diaryl/α,β-unsaturated/α-hetero) is 2. The van der Waals surface area contributed by atoms with Crippen molar-refractivity contribution in [1.29, 1.82) is 0 Å². The Labute approximate surface area is 365 Å². The first kappa shape index (κ1) is 49.5. The molecule has 1 fully saturated rings. The standard InChI is InChI=1S/C45H57N3O15/c1-22(13-12-14-23(2)44(56)47-31-21-32(52)34-35(38(31)54)37(53)25(4)42-36(34)43(55)45(10,57)63-42)39(60-28(7)49)26(5)41(62-30(9)51)27(6)40(61-29(8)50)24(3)33(58-11)15-16-46-48-17-19-59-20-18-48/h12-16,21-22,24,26-27,39-41,53,57H,17-20H2,1-11H3,(H,47,56)/b13-12+,23-14-,33-15-,46-16+. The van der Waals surface area contributed by atoms with E-state index >= 15 is 0 Å². The van der Waals surface area contributed by atoms with Crippen molar-refractivity contribution in [3.63, 3.8) is 0 Å². The average Bonchev–Trinajstić information content (AvgIpc) is 3.46. The number of rotatable bonds is 17. The summed E-state index contributed by atoms with van der Waals surface area (Å²) in [5, 5.41) is 30.0. The van der Waals surface area contributed by atoms with Crippen LogP contribution in [0.25, 0.3) is 0 Å². The van der Waals surface area contributed by atoms with Crippen LogP contribution in [0.2, 0.25) is 0 Å². The molecule has 4 rings (SSSR count). The van der Waals surface area contributed by atoms with Gasteiger partial charge < -0.3 is 44.0 Å². The number of esters is 3. The molecule has 0 bridgehead atoms. The van der Waals surface area contributed by atoms with Crippen molar-refractivity contribution in [3.05, 3.63) is 69.7 Å². The highest BCUT2D eigenvalue weighted by Gasteiger charge is 2.49. The number of aliphatic hydroxyl groups is 1. The fraction of sp³-hybridized carbons (Fsp3) is 0.511. The van der Waals surface area contributed by atoms with Crippen molar-refractivity contribution < 1.29 is 72.2 Å². The van der Waals surface area contributed by atoms with Gasteiger partial charge in [-0.05, 0) is 19.9 Å². The first-order valence-electron chi connectivity index (χ1n) is 20.5. The highest BCUT2D eigenvalue weighted by Crippen LogP contribution is 2.46. The van der Waals surface area contributed by atoms with Gasteiger partial charge in [-0.25, -0.2) is 0 Å². The summed E-state index contributed by atoms with van der Waals surface area (Å²) in [4.78, 5) is 90.7. The molecule has 1 amide bonds. The summed E-state index contributed by atoms with van der Waals surface area (Å²) >= 11 is 0. The molecule has 3 aliphatic rings. The lowest BCUT2D eigenvalue weighted by Gasteiger charge is -2.39.